The second-order valence-electron chi connectivity index (χ2n) is 4.28. The molecule has 0 saturated carbocycles. The van der Waals surface area contributed by atoms with Crippen LogP contribution < -0.4 is 11.1 Å². The van der Waals surface area contributed by atoms with Gasteiger partial charge in [-0.3, -0.25) is 0 Å². The van der Waals surface area contributed by atoms with E-state index in [2.05, 4.69) is 10.3 Å². The van der Waals surface area contributed by atoms with Gasteiger partial charge in [-0.1, -0.05) is 12.1 Å². The summed E-state index contributed by atoms with van der Waals surface area (Å²) in [5, 5.41) is 12.0. The average Bonchev–Trinajstić information content (AvgIpc) is 2.40. The fraction of sp³-hybridized carbons (Fsp3) is 0.143. The normalized spacial score (nSPS) is 9.19. The van der Waals surface area contributed by atoms with Crippen molar-refractivity contribution in [3.63, 3.8) is 0 Å². The van der Waals surface area contributed by atoms with Crippen LogP contribution in [0.25, 0.3) is 0 Å². The van der Waals surface area contributed by atoms with Crippen LogP contribution in [0.1, 0.15) is 21.5 Å². The number of aromatic carboxylic acids is 1. The molecule has 0 spiro atoms. The van der Waals surface area contributed by atoms with Crippen LogP contribution >= 0.6 is 24.8 Å². The van der Waals surface area contributed by atoms with E-state index in [0.717, 1.165) is 16.9 Å². The second-order valence-corrected chi connectivity index (χ2v) is 4.28. The van der Waals surface area contributed by atoms with E-state index < -0.39 is 5.97 Å². The summed E-state index contributed by atoms with van der Waals surface area (Å²) in [7, 11) is 0. The van der Waals surface area contributed by atoms with Crippen LogP contribution in [-0.4, -0.2) is 16.1 Å². The maximum absolute atomic E-state index is 10.7. The van der Waals surface area contributed by atoms with E-state index in [1.807, 2.05) is 13.0 Å². The first-order valence-corrected chi connectivity index (χ1v) is 5.84. The predicted molar refractivity (Wildman–Crippen MR) is 88.6 cm³/mol. The summed E-state index contributed by atoms with van der Waals surface area (Å²) in [6.07, 6.45) is 1.62. The molecule has 0 saturated heterocycles. The molecule has 1 heterocycles. The van der Waals surface area contributed by atoms with E-state index >= 15 is 0 Å². The smallest absolute Gasteiger partial charge is 0.335 e. The average molecular weight is 330 g/mol. The van der Waals surface area contributed by atoms with Crippen molar-refractivity contribution in [1.82, 2.24) is 4.98 Å². The summed E-state index contributed by atoms with van der Waals surface area (Å²) >= 11 is 0. The number of rotatable bonds is 4. The molecule has 1 aromatic carbocycles. The van der Waals surface area contributed by atoms with E-state index in [-0.39, 0.29) is 30.4 Å². The Balaban J connectivity index is 0.00000200. The van der Waals surface area contributed by atoms with Crippen LogP contribution in [0.3, 0.4) is 0 Å². The van der Waals surface area contributed by atoms with Crippen molar-refractivity contribution in [3.05, 3.63) is 53.2 Å². The highest BCUT2D eigenvalue weighted by atomic mass is 35.5. The van der Waals surface area contributed by atoms with E-state index in [1.54, 1.807) is 30.5 Å². The molecule has 0 radical (unpaired) electrons. The highest BCUT2D eigenvalue weighted by Crippen LogP contribution is 2.14. The van der Waals surface area contributed by atoms with Crippen LogP contribution in [0, 0.1) is 6.92 Å². The first-order valence-electron chi connectivity index (χ1n) is 5.84. The summed E-state index contributed by atoms with van der Waals surface area (Å²) in [6, 6.07) is 8.60. The minimum Gasteiger partial charge on any atom is -0.478 e. The van der Waals surface area contributed by atoms with Gasteiger partial charge in [-0.15, -0.1) is 24.8 Å². The molecule has 4 N–H and O–H groups in total. The third-order valence-corrected chi connectivity index (χ3v) is 2.83. The number of carboxylic acids is 1. The molecule has 0 fully saturated rings. The zero-order valence-electron chi connectivity index (χ0n) is 11.4. The summed E-state index contributed by atoms with van der Waals surface area (Å²) in [6.45, 7) is 2.50. The Morgan fingerprint density at radius 2 is 1.90 bits per heavy atom. The molecule has 0 aliphatic rings. The summed E-state index contributed by atoms with van der Waals surface area (Å²) in [5.41, 5.74) is 8.60. The molecule has 1 aromatic heterocycles. The molecular weight excluding hydrogens is 313 g/mol. The first kappa shape index (κ1) is 19.0. The molecule has 5 nitrogen and oxygen atoms in total. The fourth-order valence-corrected chi connectivity index (χ4v) is 1.62. The van der Waals surface area contributed by atoms with Gasteiger partial charge in [0.1, 0.15) is 5.82 Å². The minimum absolute atomic E-state index is 0. The number of carboxylic acid groups (broad SMARTS) is 1. The molecule has 0 bridgehead atoms. The number of carbonyl (C=O) groups is 1. The van der Waals surface area contributed by atoms with Gasteiger partial charge in [0.15, 0.2) is 0 Å². The van der Waals surface area contributed by atoms with Crippen LogP contribution in [0.15, 0.2) is 36.5 Å². The zero-order valence-corrected chi connectivity index (χ0v) is 13.0. The molecule has 21 heavy (non-hydrogen) atoms. The van der Waals surface area contributed by atoms with Crippen molar-refractivity contribution >= 4 is 42.3 Å². The largest absolute Gasteiger partial charge is 0.478 e. The van der Waals surface area contributed by atoms with Crippen LogP contribution in [0.2, 0.25) is 0 Å². The summed E-state index contributed by atoms with van der Waals surface area (Å²) in [4.78, 5) is 14.9. The lowest BCUT2D eigenvalue weighted by atomic mass is 10.1. The number of anilines is 2. The van der Waals surface area contributed by atoms with Gasteiger partial charge in [-0.2, -0.15) is 0 Å². The molecule has 7 heteroatoms. The molecular formula is C14H17Cl2N3O2. The fourth-order valence-electron chi connectivity index (χ4n) is 1.62. The molecule has 0 unspecified atom stereocenters. The third-order valence-electron chi connectivity index (χ3n) is 2.83. The number of nitrogen functional groups attached to an aromatic ring is 1. The maximum atomic E-state index is 10.7. The molecule has 0 aliphatic heterocycles. The lowest BCUT2D eigenvalue weighted by Crippen LogP contribution is -2.03. The number of hydrogen-bond donors (Lipinski definition) is 3. The molecule has 114 valence electrons. The van der Waals surface area contributed by atoms with Crippen LogP contribution in [0.5, 0.6) is 0 Å². The lowest BCUT2D eigenvalue weighted by molar-refractivity contribution is 0.0697. The number of benzene rings is 1. The summed E-state index contributed by atoms with van der Waals surface area (Å²) in [5.74, 6) is -0.177. The van der Waals surface area contributed by atoms with E-state index in [9.17, 15) is 4.79 Å². The van der Waals surface area contributed by atoms with Gasteiger partial charge in [0.25, 0.3) is 0 Å². The number of aromatic nitrogens is 1. The molecule has 0 atom stereocenters. The number of halogens is 2. The number of pyridine rings is 1. The van der Waals surface area contributed by atoms with E-state index in [4.69, 9.17) is 10.8 Å². The zero-order chi connectivity index (χ0) is 13.8. The molecule has 2 aromatic rings. The van der Waals surface area contributed by atoms with Crippen molar-refractivity contribution in [3.8, 4) is 0 Å². The van der Waals surface area contributed by atoms with Crippen LogP contribution in [0.4, 0.5) is 11.5 Å². The van der Waals surface area contributed by atoms with Crippen molar-refractivity contribution in [2.24, 2.45) is 0 Å². The maximum Gasteiger partial charge on any atom is 0.335 e. The summed E-state index contributed by atoms with van der Waals surface area (Å²) < 4.78 is 0. The Kier molecular flexibility index (Phi) is 7.55. The third kappa shape index (κ3) is 5.13. The van der Waals surface area contributed by atoms with Gasteiger partial charge in [-0.25, -0.2) is 9.78 Å². The molecule has 0 aliphatic carbocycles. The van der Waals surface area contributed by atoms with Crippen LogP contribution in [-0.2, 0) is 6.54 Å². The van der Waals surface area contributed by atoms with Gasteiger partial charge >= 0.3 is 5.97 Å². The van der Waals surface area contributed by atoms with Gasteiger partial charge in [-0.05, 0) is 36.2 Å². The van der Waals surface area contributed by atoms with Gasteiger partial charge in [0, 0.05) is 6.54 Å². The number of nitrogens with two attached hydrogens (primary N) is 1. The number of nitrogens with one attached hydrogen (secondary N) is 1. The first-order chi connectivity index (χ1) is 9.06. The second kappa shape index (κ2) is 8.34. The SMILES string of the molecule is Cc1cc(NCc2ccc(C(=O)O)cc2)ncc1N.Cl.Cl. The topological polar surface area (TPSA) is 88.2 Å². The predicted octanol–water partition coefficient (Wildman–Crippen LogP) is 3.13. The van der Waals surface area contributed by atoms with E-state index in [1.165, 1.54) is 0 Å². The Morgan fingerprint density at radius 3 is 2.43 bits per heavy atom. The van der Waals surface area contributed by atoms with Gasteiger partial charge in [0.05, 0.1) is 17.4 Å². The number of aryl methyl sites for hydroxylation is 1. The molecule has 0 amide bonds. The van der Waals surface area contributed by atoms with Gasteiger partial charge < -0.3 is 16.2 Å². The van der Waals surface area contributed by atoms with E-state index in [0.29, 0.717) is 12.2 Å². The van der Waals surface area contributed by atoms with Crippen molar-refractivity contribution < 1.29 is 9.90 Å². The highest BCUT2D eigenvalue weighted by Gasteiger charge is 2.02. The molecule has 2 rings (SSSR count). The number of hydrogen-bond acceptors (Lipinski definition) is 4. The van der Waals surface area contributed by atoms with Crippen molar-refractivity contribution in [2.45, 2.75) is 13.5 Å². The highest BCUT2D eigenvalue weighted by molar-refractivity contribution is 5.87. The lowest BCUT2D eigenvalue weighted by Gasteiger charge is -2.08. The Morgan fingerprint density at radius 1 is 1.29 bits per heavy atom. The minimum atomic E-state index is -0.921. The monoisotopic (exact) mass is 329 g/mol. The Labute approximate surface area is 135 Å². The Hall–Kier alpha value is -1.98. The van der Waals surface area contributed by atoms with Gasteiger partial charge in [0.2, 0.25) is 0 Å². The quantitative estimate of drug-likeness (QED) is 0.801. The van der Waals surface area contributed by atoms with Crippen molar-refractivity contribution in [1.29, 1.82) is 0 Å². The number of nitrogens with zero attached hydrogens (tertiary/aromatic N) is 1. The Bertz CT molecular complexity index is 604. The standard InChI is InChI=1S/C14H15N3O2.2ClH/c1-9-6-13(17-8-12(9)15)16-7-10-2-4-11(5-3-10)14(18)19;;/h2-6,8H,7,15H2,1H3,(H,16,17)(H,18,19);2*1H. The van der Waals surface area contributed by atoms with Crippen molar-refractivity contribution in [2.75, 3.05) is 11.1 Å².